The molecule has 1 fully saturated rings. The molecule has 7 heteroatoms. The molecule has 4 atom stereocenters. The Bertz CT molecular complexity index is 507. The molecule has 2 rings (SSSR count). The van der Waals surface area contributed by atoms with Crippen LogP contribution in [0.1, 0.15) is 5.56 Å². The van der Waals surface area contributed by atoms with E-state index < -0.39 is 24.6 Å². The molecule has 1 aliphatic rings. The van der Waals surface area contributed by atoms with Crippen molar-refractivity contribution in [3.63, 3.8) is 0 Å². The molecule has 0 spiro atoms. The summed E-state index contributed by atoms with van der Waals surface area (Å²) in [7, 11) is 4.63. The predicted octanol–water partition coefficient (Wildman–Crippen LogP) is 2.07. The van der Waals surface area contributed by atoms with Crippen LogP contribution in [0, 0.1) is 0 Å². The van der Waals surface area contributed by atoms with Crippen LogP contribution in [0.3, 0.4) is 0 Å². The van der Waals surface area contributed by atoms with Gasteiger partial charge in [-0.05, 0) is 5.56 Å². The molecule has 1 heterocycles. The number of rotatable bonds is 10. The molecule has 140 valence electrons. The van der Waals surface area contributed by atoms with Crippen molar-refractivity contribution in [1.82, 2.24) is 0 Å². The third kappa shape index (κ3) is 5.50. The first-order chi connectivity index (χ1) is 12.2. The minimum absolute atomic E-state index is 0.0724. The minimum Gasteiger partial charge on any atom is -0.464 e. The molecule has 0 amide bonds. The van der Waals surface area contributed by atoms with Gasteiger partial charge in [-0.25, -0.2) is 0 Å². The highest BCUT2D eigenvalue weighted by Crippen LogP contribution is 2.30. The van der Waals surface area contributed by atoms with Crippen molar-refractivity contribution >= 4 is 0 Å². The standard InChI is InChI=1S/C18H26O7/c1-13-15(23-11-19-2)16(24-12-20-3)17(18(21-4)25-13)22-10-14-8-6-5-7-9-14/h5-9,15-18H,1,10-12H2,2-4H3/t15-,16+,17-,18+/m1/s1. The second kappa shape index (κ2) is 10.5. The Hall–Kier alpha value is -1.48. The second-order valence-corrected chi connectivity index (χ2v) is 5.48. The summed E-state index contributed by atoms with van der Waals surface area (Å²) < 4.78 is 38.7. The maximum Gasteiger partial charge on any atom is 0.228 e. The fraction of sp³-hybridized carbons (Fsp3) is 0.556. The first kappa shape index (κ1) is 19.8. The molecular formula is C18H26O7. The zero-order valence-corrected chi connectivity index (χ0v) is 14.9. The molecule has 0 radical (unpaired) electrons. The lowest BCUT2D eigenvalue weighted by Crippen LogP contribution is -2.55. The number of hydrogen-bond acceptors (Lipinski definition) is 7. The van der Waals surface area contributed by atoms with E-state index >= 15 is 0 Å². The largest absolute Gasteiger partial charge is 0.464 e. The van der Waals surface area contributed by atoms with E-state index in [0.29, 0.717) is 12.4 Å². The Balaban J connectivity index is 2.14. The Kier molecular flexibility index (Phi) is 8.33. The fourth-order valence-corrected chi connectivity index (χ4v) is 2.57. The van der Waals surface area contributed by atoms with Gasteiger partial charge in [0, 0.05) is 21.3 Å². The summed E-state index contributed by atoms with van der Waals surface area (Å²) in [6.45, 7) is 4.43. The molecule has 0 saturated carbocycles. The molecule has 0 aromatic heterocycles. The van der Waals surface area contributed by atoms with Gasteiger partial charge in [0.15, 0.2) is 0 Å². The van der Waals surface area contributed by atoms with Gasteiger partial charge in [-0.3, -0.25) is 0 Å². The Morgan fingerprint density at radius 3 is 2.24 bits per heavy atom. The number of hydrogen-bond donors (Lipinski definition) is 0. The molecule has 0 bridgehead atoms. The summed E-state index contributed by atoms with van der Waals surface area (Å²) in [5.74, 6) is 0.393. The summed E-state index contributed by atoms with van der Waals surface area (Å²) in [6, 6.07) is 9.82. The lowest BCUT2D eigenvalue weighted by Gasteiger charge is -2.42. The number of benzene rings is 1. The normalized spacial score (nSPS) is 26.4. The third-order valence-corrected chi connectivity index (χ3v) is 3.74. The van der Waals surface area contributed by atoms with E-state index in [0.717, 1.165) is 5.56 Å². The van der Waals surface area contributed by atoms with Crippen LogP contribution in [-0.2, 0) is 39.8 Å². The van der Waals surface area contributed by atoms with E-state index in [1.54, 1.807) is 21.3 Å². The van der Waals surface area contributed by atoms with Crippen molar-refractivity contribution in [2.75, 3.05) is 34.9 Å². The monoisotopic (exact) mass is 354 g/mol. The third-order valence-electron chi connectivity index (χ3n) is 3.74. The molecule has 0 aliphatic carbocycles. The minimum atomic E-state index is -0.666. The average molecular weight is 354 g/mol. The maximum absolute atomic E-state index is 6.05. The van der Waals surface area contributed by atoms with Gasteiger partial charge in [0.25, 0.3) is 0 Å². The molecular weight excluding hydrogens is 328 g/mol. The summed E-state index contributed by atoms with van der Waals surface area (Å²) in [6.07, 6.45) is -2.29. The molecule has 1 aliphatic heterocycles. The van der Waals surface area contributed by atoms with Crippen LogP contribution in [0.5, 0.6) is 0 Å². The van der Waals surface area contributed by atoms with Gasteiger partial charge in [-0.15, -0.1) is 0 Å². The summed E-state index contributed by atoms with van der Waals surface area (Å²) in [5.41, 5.74) is 1.03. The number of ether oxygens (including phenoxy) is 7. The number of methoxy groups -OCH3 is 3. The van der Waals surface area contributed by atoms with E-state index in [4.69, 9.17) is 33.2 Å². The van der Waals surface area contributed by atoms with Crippen LogP contribution in [0.25, 0.3) is 0 Å². The van der Waals surface area contributed by atoms with Crippen molar-refractivity contribution in [1.29, 1.82) is 0 Å². The van der Waals surface area contributed by atoms with Crippen LogP contribution in [0.15, 0.2) is 42.7 Å². The van der Waals surface area contributed by atoms with Gasteiger partial charge in [-0.2, -0.15) is 0 Å². The first-order valence-electron chi connectivity index (χ1n) is 7.96. The van der Waals surface area contributed by atoms with Crippen LogP contribution in [0.4, 0.5) is 0 Å². The van der Waals surface area contributed by atoms with Gasteiger partial charge in [-0.1, -0.05) is 36.9 Å². The Morgan fingerprint density at radius 1 is 0.920 bits per heavy atom. The topological polar surface area (TPSA) is 64.6 Å². The van der Waals surface area contributed by atoms with Crippen molar-refractivity contribution in [3.8, 4) is 0 Å². The molecule has 0 unspecified atom stereocenters. The molecule has 1 saturated heterocycles. The van der Waals surface area contributed by atoms with Crippen LogP contribution in [0.2, 0.25) is 0 Å². The van der Waals surface area contributed by atoms with E-state index in [9.17, 15) is 0 Å². The smallest absolute Gasteiger partial charge is 0.228 e. The zero-order valence-electron chi connectivity index (χ0n) is 14.9. The summed E-state index contributed by atoms with van der Waals surface area (Å²) in [4.78, 5) is 0. The summed E-state index contributed by atoms with van der Waals surface area (Å²) >= 11 is 0. The van der Waals surface area contributed by atoms with Crippen LogP contribution in [-0.4, -0.2) is 59.5 Å². The van der Waals surface area contributed by atoms with E-state index in [-0.39, 0.29) is 13.6 Å². The van der Waals surface area contributed by atoms with E-state index in [1.165, 1.54) is 0 Å². The Labute approximate surface area is 148 Å². The second-order valence-electron chi connectivity index (χ2n) is 5.48. The van der Waals surface area contributed by atoms with E-state index in [2.05, 4.69) is 6.58 Å². The zero-order chi connectivity index (χ0) is 18.1. The van der Waals surface area contributed by atoms with Crippen molar-refractivity contribution in [2.24, 2.45) is 0 Å². The van der Waals surface area contributed by atoms with Gasteiger partial charge < -0.3 is 33.2 Å². The SMILES string of the molecule is C=C1O[C@H](OC)[C@H](OCc2ccccc2)[C@@H](OCOC)[C@@H]1OCOC. The predicted molar refractivity (Wildman–Crippen MR) is 89.5 cm³/mol. The highest BCUT2D eigenvalue weighted by atomic mass is 16.7. The van der Waals surface area contributed by atoms with Crippen molar-refractivity contribution in [3.05, 3.63) is 48.2 Å². The quantitative estimate of drug-likeness (QED) is 0.596. The molecule has 0 N–H and O–H groups in total. The van der Waals surface area contributed by atoms with Crippen molar-refractivity contribution < 1.29 is 33.2 Å². The first-order valence-corrected chi connectivity index (χ1v) is 7.96. The van der Waals surface area contributed by atoms with Crippen LogP contribution >= 0.6 is 0 Å². The molecule has 7 nitrogen and oxygen atoms in total. The molecule has 1 aromatic carbocycles. The highest BCUT2D eigenvalue weighted by molar-refractivity contribution is 5.14. The molecule has 25 heavy (non-hydrogen) atoms. The van der Waals surface area contributed by atoms with Crippen molar-refractivity contribution in [2.45, 2.75) is 31.2 Å². The van der Waals surface area contributed by atoms with Gasteiger partial charge in [0.2, 0.25) is 6.29 Å². The lowest BCUT2D eigenvalue weighted by atomic mass is 10.0. The van der Waals surface area contributed by atoms with Crippen LogP contribution < -0.4 is 0 Å². The molecule has 1 aromatic rings. The summed E-state index contributed by atoms with van der Waals surface area (Å²) in [5, 5.41) is 0. The van der Waals surface area contributed by atoms with Gasteiger partial charge in [0.05, 0.1) is 6.61 Å². The maximum atomic E-state index is 6.05. The van der Waals surface area contributed by atoms with E-state index in [1.807, 2.05) is 30.3 Å². The van der Waals surface area contributed by atoms with Gasteiger partial charge in [0.1, 0.15) is 37.7 Å². The highest BCUT2D eigenvalue weighted by Gasteiger charge is 2.46. The lowest BCUT2D eigenvalue weighted by molar-refractivity contribution is -0.284. The van der Waals surface area contributed by atoms with Gasteiger partial charge >= 0.3 is 0 Å². The Morgan fingerprint density at radius 2 is 1.60 bits per heavy atom. The average Bonchev–Trinajstić information content (AvgIpc) is 2.64. The fourth-order valence-electron chi connectivity index (χ4n) is 2.57.